The first-order chi connectivity index (χ1) is 18.2. The highest BCUT2D eigenvalue weighted by Crippen LogP contribution is 2.38. The normalized spacial score (nSPS) is 19.3. The van der Waals surface area contributed by atoms with Crippen LogP contribution in [-0.4, -0.2) is 53.7 Å². The van der Waals surface area contributed by atoms with Crippen LogP contribution in [0.25, 0.3) is 0 Å². The van der Waals surface area contributed by atoms with Crippen molar-refractivity contribution in [2.75, 3.05) is 18.7 Å². The van der Waals surface area contributed by atoms with E-state index >= 15 is 0 Å². The summed E-state index contributed by atoms with van der Waals surface area (Å²) in [6.45, 7) is 11.4. The minimum Gasteiger partial charge on any atom is -0.497 e. The Morgan fingerprint density at radius 3 is 2.03 bits per heavy atom. The molecule has 206 valence electrons. The average Bonchev–Trinajstić information content (AvgIpc) is 3.39. The van der Waals surface area contributed by atoms with Gasteiger partial charge in [0.2, 0.25) is 5.91 Å². The highest BCUT2D eigenvalue weighted by Gasteiger charge is 2.56. The lowest BCUT2D eigenvalue weighted by Crippen LogP contribution is -2.39. The minimum atomic E-state index is -0.824. The SMILES string of the molecule is COc1ccc(N2N=C(c3ccc(C(=O)C(C)(C)C)cc3)C3C(=O)N(CCCC(=O)C(C)(C)C)C(=O)C32)cc1. The van der Waals surface area contributed by atoms with Crippen LogP contribution in [0.5, 0.6) is 5.75 Å². The van der Waals surface area contributed by atoms with E-state index in [-0.39, 0.29) is 29.9 Å². The summed E-state index contributed by atoms with van der Waals surface area (Å²) in [6, 6.07) is 13.4. The number of imide groups is 1. The molecule has 0 bridgehead atoms. The van der Waals surface area contributed by atoms with Gasteiger partial charge in [-0.15, -0.1) is 0 Å². The maximum absolute atomic E-state index is 13.7. The van der Waals surface area contributed by atoms with Gasteiger partial charge in [0.15, 0.2) is 5.78 Å². The number of carbonyl (C=O) groups is 4. The lowest BCUT2D eigenvalue weighted by Gasteiger charge is -2.22. The number of likely N-dealkylation sites (tertiary alicyclic amines) is 1. The zero-order chi connectivity index (χ0) is 28.7. The number of Topliss-reactive ketones (excluding diaryl/α,β-unsaturated/α-hetero) is 2. The summed E-state index contributed by atoms with van der Waals surface area (Å²) < 4.78 is 5.27. The summed E-state index contributed by atoms with van der Waals surface area (Å²) in [5.41, 5.74) is 1.40. The third-order valence-corrected chi connectivity index (χ3v) is 7.22. The van der Waals surface area contributed by atoms with E-state index in [9.17, 15) is 19.2 Å². The summed E-state index contributed by atoms with van der Waals surface area (Å²) in [7, 11) is 1.58. The Morgan fingerprint density at radius 2 is 1.49 bits per heavy atom. The quantitative estimate of drug-likeness (QED) is 0.355. The van der Waals surface area contributed by atoms with Crippen LogP contribution in [0.4, 0.5) is 5.69 Å². The van der Waals surface area contributed by atoms with E-state index in [1.54, 1.807) is 60.6 Å². The van der Waals surface area contributed by atoms with Crippen molar-refractivity contribution in [2.45, 2.75) is 60.4 Å². The Bertz CT molecular complexity index is 1310. The van der Waals surface area contributed by atoms with Gasteiger partial charge >= 0.3 is 0 Å². The molecule has 2 aromatic rings. The number of anilines is 1. The maximum Gasteiger partial charge on any atom is 0.255 e. The van der Waals surface area contributed by atoms with Gasteiger partial charge in [0.25, 0.3) is 5.91 Å². The van der Waals surface area contributed by atoms with Gasteiger partial charge < -0.3 is 4.74 Å². The van der Waals surface area contributed by atoms with Crippen molar-refractivity contribution in [3.8, 4) is 5.75 Å². The molecule has 8 nitrogen and oxygen atoms in total. The molecule has 2 heterocycles. The minimum absolute atomic E-state index is 0.0169. The van der Waals surface area contributed by atoms with Crippen molar-refractivity contribution in [1.29, 1.82) is 0 Å². The molecule has 1 saturated heterocycles. The van der Waals surface area contributed by atoms with Gasteiger partial charge in [-0.1, -0.05) is 65.8 Å². The topological polar surface area (TPSA) is 96.3 Å². The van der Waals surface area contributed by atoms with E-state index in [1.165, 1.54) is 4.90 Å². The van der Waals surface area contributed by atoms with Crippen LogP contribution in [0.1, 0.15) is 70.3 Å². The molecule has 0 saturated carbocycles. The summed E-state index contributed by atoms with van der Waals surface area (Å²) in [5, 5.41) is 6.38. The van der Waals surface area contributed by atoms with Crippen LogP contribution in [0.2, 0.25) is 0 Å². The molecular formula is C31H37N3O5. The van der Waals surface area contributed by atoms with Crippen molar-refractivity contribution < 1.29 is 23.9 Å². The zero-order valence-corrected chi connectivity index (χ0v) is 23.8. The van der Waals surface area contributed by atoms with Crippen LogP contribution in [0.15, 0.2) is 53.6 Å². The standard InChI is InChI=1S/C31H37N3O5/c1-30(2,3)23(35)9-8-18-33-28(37)24-25(19-10-12-20(13-11-19)27(36)31(4,5)6)32-34(26(24)29(33)38)21-14-16-22(39-7)17-15-21/h10-17,24,26H,8-9,18H2,1-7H3. The van der Waals surface area contributed by atoms with Crippen LogP contribution >= 0.6 is 0 Å². The van der Waals surface area contributed by atoms with Gasteiger partial charge in [-0.3, -0.25) is 29.1 Å². The van der Waals surface area contributed by atoms with Crippen molar-refractivity contribution in [1.82, 2.24) is 4.90 Å². The van der Waals surface area contributed by atoms with Gasteiger partial charge in [0.1, 0.15) is 23.5 Å². The molecule has 2 atom stereocenters. The number of benzene rings is 2. The largest absolute Gasteiger partial charge is 0.497 e. The van der Waals surface area contributed by atoms with E-state index in [0.717, 1.165) is 0 Å². The molecule has 39 heavy (non-hydrogen) atoms. The zero-order valence-electron chi connectivity index (χ0n) is 23.8. The monoisotopic (exact) mass is 531 g/mol. The molecule has 2 aromatic carbocycles. The molecule has 0 aromatic heterocycles. The molecule has 1 fully saturated rings. The smallest absolute Gasteiger partial charge is 0.255 e. The first kappa shape index (κ1) is 28.2. The number of nitrogens with zero attached hydrogens (tertiary/aromatic N) is 3. The molecule has 2 aliphatic heterocycles. The second-order valence-corrected chi connectivity index (χ2v) is 12.2. The number of carbonyl (C=O) groups excluding carboxylic acids is 4. The molecule has 0 radical (unpaired) electrons. The molecule has 0 aliphatic carbocycles. The highest BCUT2D eigenvalue weighted by molar-refractivity contribution is 6.25. The maximum atomic E-state index is 13.7. The Labute approximate surface area is 230 Å². The van der Waals surface area contributed by atoms with Crippen molar-refractivity contribution in [2.24, 2.45) is 21.8 Å². The van der Waals surface area contributed by atoms with Crippen molar-refractivity contribution >= 4 is 34.8 Å². The summed E-state index contributed by atoms with van der Waals surface area (Å²) in [6.07, 6.45) is 0.702. The third kappa shape index (κ3) is 5.51. The Balaban J connectivity index is 1.66. The number of ether oxygens (including phenoxy) is 1. The Morgan fingerprint density at radius 1 is 0.872 bits per heavy atom. The lowest BCUT2D eigenvalue weighted by molar-refractivity contribution is -0.139. The molecule has 2 amide bonds. The fourth-order valence-electron chi connectivity index (χ4n) is 4.88. The van der Waals surface area contributed by atoms with Crippen LogP contribution in [0, 0.1) is 16.7 Å². The fraction of sp³-hybridized carbons (Fsp3) is 0.452. The fourth-order valence-corrected chi connectivity index (χ4v) is 4.88. The first-order valence-electron chi connectivity index (χ1n) is 13.3. The molecule has 2 unspecified atom stereocenters. The molecule has 0 spiro atoms. The number of methoxy groups -OCH3 is 1. The second kappa shape index (κ2) is 10.4. The second-order valence-electron chi connectivity index (χ2n) is 12.2. The number of hydrazone groups is 1. The van der Waals surface area contributed by atoms with Gasteiger partial charge in [-0.05, 0) is 36.2 Å². The van der Waals surface area contributed by atoms with Gasteiger partial charge in [-0.2, -0.15) is 5.10 Å². The average molecular weight is 532 g/mol. The third-order valence-electron chi connectivity index (χ3n) is 7.22. The van der Waals surface area contributed by atoms with E-state index in [4.69, 9.17) is 9.84 Å². The highest BCUT2D eigenvalue weighted by atomic mass is 16.5. The molecule has 8 heteroatoms. The summed E-state index contributed by atoms with van der Waals surface area (Å²) >= 11 is 0. The van der Waals surface area contributed by atoms with E-state index < -0.39 is 22.8 Å². The Hall–Kier alpha value is -3.81. The van der Waals surface area contributed by atoms with Gasteiger partial charge in [-0.25, -0.2) is 0 Å². The molecule has 4 rings (SSSR count). The van der Waals surface area contributed by atoms with E-state index in [2.05, 4.69) is 0 Å². The van der Waals surface area contributed by atoms with Crippen LogP contribution < -0.4 is 9.75 Å². The predicted molar refractivity (Wildman–Crippen MR) is 150 cm³/mol. The molecule has 2 aliphatic rings. The Kier molecular flexibility index (Phi) is 7.52. The number of ketones is 2. The van der Waals surface area contributed by atoms with Gasteiger partial charge in [0, 0.05) is 29.4 Å². The van der Waals surface area contributed by atoms with E-state index in [0.29, 0.717) is 41.1 Å². The number of hydrogen-bond acceptors (Lipinski definition) is 7. The van der Waals surface area contributed by atoms with Gasteiger partial charge in [0.05, 0.1) is 18.5 Å². The first-order valence-corrected chi connectivity index (χ1v) is 13.3. The number of hydrogen-bond donors (Lipinski definition) is 0. The summed E-state index contributed by atoms with van der Waals surface area (Å²) in [5.74, 6) is -0.670. The number of amides is 2. The van der Waals surface area contributed by atoms with Crippen LogP contribution in [0.3, 0.4) is 0 Å². The van der Waals surface area contributed by atoms with Crippen LogP contribution in [-0.2, 0) is 14.4 Å². The van der Waals surface area contributed by atoms with E-state index in [1.807, 2.05) is 41.5 Å². The number of fused-ring (bicyclic) bond motifs is 1. The predicted octanol–water partition coefficient (Wildman–Crippen LogP) is 4.90. The van der Waals surface area contributed by atoms with Crippen molar-refractivity contribution in [3.05, 3.63) is 59.7 Å². The molecular weight excluding hydrogens is 494 g/mol. The lowest BCUT2D eigenvalue weighted by atomic mass is 9.85. The summed E-state index contributed by atoms with van der Waals surface area (Å²) in [4.78, 5) is 53.7. The number of rotatable bonds is 8. The molecule has 0 N–H and O–H groups in total. The van der Waals surface area contributed by atoms with Crippen molar-refractivity contribution in [3.63, 3.8) is 0 Å².